The third-order valence-electron chi connectivity index (χ3n) is 4.78. The topological polar surface area (TPSA) is 93.1 Å². The van der Waals surface area contributed by atoms with Crippen LogP contribution in [0.4, 0.5) is 4.79 Å². The molecule has 8 heteroatoms. The number of thiophene rings is 1. The van der Waals surface area contributed by atoms with Gasteiger partial charge in [0.2, 0.25) is 5.91 Å². The lowest BCUT2D eigenvalue weighted by Gasteiger charge is -2.08. The van der Waals surface area contributed by atoms with E-state index < -0.39 is 11.9 Å². The van der Waals surface area contributed by atoms with Gasteiger partial charge in [-0.05, 0) is 18.1 Å². The van der Waals surface area contributed by atoms with Crippen molar-refractivity contribution in [3.63, 3.8) is 0 Å². The molecule has 0 bridgehead atoms. The Hall–Kier alpha value is -3.78. The molecule has 0 aliphatic heterocycles. The van der Waals surface area contributed by atoms with Crippen LogP contribution in [0.3, 0.4) is 0 Å². The number of hydrogen-bond donors (Lipinski definition) is 2. The number of fused-ring (bicyclic) bond motifs is 1. The number of carbonyl (C=O) groups excluding carboxylic acids is 2. The third-order valence-corrected chi connectivity index (χ3v) is 5.79. The van der Waals surface area contributed by atoms with E-state index in [0.717, 1.165) is 21.6 Å². The minimum atomic E-state index is -0.618. The van der Waals surface area contributed by atoms with Gasteiger partial charge in [0.05, 0.1) is 11.7 Å². The number of rotatable bonds is 5. The van der Waals surface area contributed by atoms with Crippen LogP contribution in [0, 0.1) is 6.92 Å². The molecule has 0 aliphatic carbocycles. The molecule has 0 atom stereocenters. The number of aromatic nitrogens is 2. The van der Waals surface area contributed by atoms with Crippen molar-refractivity contribution in [2.24, 2.45) is 0 Å². The molecule has 0 fully saturated rings. The minimum absolute atomic E-state index is 0.294. The van der Waals surface area contributed by atoms with Gasteiger partial charge in [-0.15, -0.1) is 11.3 Å². The average Bonchev–Trinajstić information content (AvgIpc) is 3.12. The van der Waals surface area contributed by atoms with E-state index in [0.29, 0.717) is 16.8 Å². The summed E-state index contributed by atoms with van der Waals surface area (Å²) in [6.07, 6.45) is 1.34. The first-order valence-electron chi connectivity index (χ1n) is 9.68. The highest BCUT2D eigenvalue weighted by Gasteiger charge is 2.18. The fourth-order valence-electron chi connectivity index (χ4n) is 3.35. The second-order valence-electron chi connectivity index (χ2n) is 6.97. The Balaban J connectivity index is 1.51. The van der Waals surface area contributed by atoms with Gasteiger partial charge in [0.1, 0.15) is 11.4 Å². The molecule has 0 radical (unpaired) electrons. The molecule has 31 heavy (non-hydrogen) atoms. The Morgan fingerprint density at radius 2 is 1.71 bits per heavy atom. The largest absolute Gasteiger partial charge is 0.334 e. The maximum atomic E-state index is 13.1. The predicted molar refractivity (Wildman–Crippen MR) is 121 cm³/mol. The Kier molecular flexibility index (Phi) is 5.90. The summed E-state index contributed by atoms with van der Waals surface area (Å²) in [5.41, 5.74) is 2.35. The molecule has 0 aliphatic rings. The van der Waals surface area contributed by atoms with Gasteiger partial charge in [0, 0.05) is 17.0 Å². The molecule has 2 N–H and O–H groups in total. The maximum absolute atomic E-state index is 13.1. The van der Waals surface area contributed by atoms with Crippen molar-refractivity contribution < 1.29 is 9.59 Å². The summed E-state index contributed by atoms with van der Waals surface area (Å²) in [7, 11) is 0. The Morgan fingerprint density at radius 3 is 2.42 bits per heavy atom. The summed E-state index contributed by atoms with van der Waals surface area (Å²) in [5.74, 6) is -0.595. The molecule has 2 aromatic carbocycles. The van der Waals surface area contributed by atoms with E-state index in [1.165, 1.54) is 22.2 Å². The van der Waals surface area contributed by atoms with E-state index in [9.17, 15) is 14.4 Å². The highest BCUT2D eigenvalue weighted by Crippen LogP contribution is 2.35. The maximum Gasteiger partial charge on any atom is 0.321 e. The van der Waals surface area contributed by atoms with Gasteiger partial charge < -0.3 is 5.32 Å². The van der Waals surface area contributed by atoms with Crippen molar-refractivity contribution in [1.29, 1.82) is 0 Å². The van der Waals surface area contributed by atoms with E-state index in [1.54, 1.807) is 0 Å². The van der Waals surface area contributed by atoms with E-state index >= 15 is 0 Å². The normalized spacial score (nSPS) is 10.7. The van der Waals surface area contributed by atoms with Gasteiger partial charge in [0.15, 0.2) is 0 Å². The summed E-state index contributed by atoms with van der Waals surface area (Å²) >= 11 is 1.44. The van der Waals surface area contributed by atoms with E-state index in [4.69, 9.17) is 0 Å². The zero-order valence-corrected chi connectivity index (χ0v) is 17.6. The van der Waals surface area contributed by atoms with Crippen molar-refractivity contribution in [3.8, 4) is 11.1 Å². The third kappa shape index (κ3) is 4.54. The molecule has 4 rings (SSSR count). The summed E-state index contributed by atoms with van der Waals surface area (Å²) in [5, 5.41) is 5.36. The fourth-order valence-corrected chi connectivity index (χ4v) is 4.35. The van der Waals surface area contributed by atoms with Gasteiger partial charge in [-0.25, -0.2) is 9.78 Å². The molecule has 0 unspecified atom stereocenters. The first-order chi connectivity index (χ1) is 15.0. The van der Waals surface area contributed by atoms with Gasteiger partial charge in [-0.2, -0.15) is 0 Å². The SMILES string of the molecule is Cc1sc2ncn(CC(=O)NC(=O)NCc3ccccc3)c(=O)c2c1-c1ccccc1. The van der Waals surface area contributed by atoms with Crippen LogP contribution in [-0.4, -0.2) is 21.5 Å². The Labute approximate surface area is 182 Å². The molecule has 2 heterocycles. The fraction of sp³-hybridized carbons (Fsp3) is 0.130. The van der Waals surface area contributed by atoms with Crippen molar-refractivity contribution in [3.05, 3.63) is 87.8 Å². The summed E-state index contributed by atoms with van der Waals surface area (Å²) < 4.78 is 1.22. The molecule has 0 saturated carbocycles. The Bertz CT molecular complexity index is 1300. The smallest absolute Gasteiger partial charge is 0.321 e. The number of amides is 3. The average molecular weight is 433 g/mol. The van der Waals surface area contributed by atoms with E-state index in [2.05, 4.69) is 15.6 Å². The minimum Gasteiger partial charge on any atom is -0.334 e. The molecular formula is C23H20N4O3S. The molecule has 3 amide bonds. The lowest BCUT2D eigenvalue weighted by atomic mass is 10.0. The number of nitrogens with one attached hydrogen (secondary N) is 2. The van der Waals surface area contributed by atoms with E-state index in [1.807, 2.05) is 67.6 Å². The van der Waals surface area contributed by atoms with Crippen LogP contribution in [0.1, 0.15) is 10.4 Å². The second-order valence-corrected chi connectivity index (χ2v) is 8.18. The predicted octanol–water partition coefficient (Wildman–Crippen LogP) is 3.46. The number of imide groups is 1. The molecule has 2 aromatic heterocycles. The molecular weight excluding hydrogens is 412 g/mol. The molecule has 4 aromatic rings. The van der Waals surface area contributed by atoms with Gasteiger partial charge in [-0.1, -0.05) is 60.7 Å². The van der Waals surface area contributed by atoms with Gasteiger partial charge in [0.25, 0.3) is 5.56 Å². The monoisotopic (exact) mass is 432 g/mol. The number of urea groups is 1. The number of aryl methyl sites for hydroxylation is 1. The first kappa shape index (κ1) is 20.5. The van der Waals surface area contributed by atoms with Gasteiger partial charge in [-0.3, -0.25) is 19.5 Å². The molecule has 156 valence electrons. The summed E-state index contributed by atoms with van der Waals surface area (Å²) in [6, 6.07) is 18.4. The van der Waals surface area contributed by atoms with Crippen LogP contribution >= 0.6 is 11.3 Å². The standard InChI is InChI=1S/C23H20N4O3S/c1-15-19(17-10-6-3-7-11-17)20-21(31-15)25-14-27(22(20)29)13-18(28)26-23(30)24-12-16-8-4-2-5-9-16/h2-11,14H,12-13H2,1H3,(H2,24,26,28,30). The lowest BCUT2D eigenvalue weighted by molar-refractivity contribution is -0.120. The van der Waals surface area contributed by atoms with Crippen LogP contribution in [-0.2, 0) is 17.9 Å². The Morgan fingerprint density at radius 1 is 1.03 bits per heavy atom. The van der Waals surface area contributed by atoms with Crippen LogP contribution in [0.5, 0.6) is 0 Å². The van der Waals surface area contributed by atoms with Gasteiger partial charge >= 0.3 is 6.03 Å². The molecule has 0 saturated heterocycles. The van der Waals surface area contributed by atoms with Crippen molar-refractivity contribution in [1.82, 2.24) is 20.2 Å². The first-order valence-corrected chi connectivity index (χ1v) is 10.5. The number of hydrogen-bond acceptors (Lipinski definition) is 5. The van der Waals surface area contributed by atoms with Crippen LogP contribution in [0.2, 0.25) is 0 Å². The van der Waals surface area contributed by atoms with Crippen LogP contribution < -0.4 is 16.2 Å². The summed E-state index contributed by atoms with van der Waals surface area (Å²) in [4.78, 5) is 43.4. The molecule has 7 nitrogen and oxygen atoms in total. The second kappa shape index (κ2) is 8.93. The number of benzene rings is 2. The molecule has 0 spiro atoms. The summed E-state index contributed by atoms with van der Waals surface area (Å²) in [6.45, 7) is 1.94. The zero-order valence-electron chi connectivity index (χ0n) is 16.8. The van der Waals surface area contributed by atoms with Crippen molar-refractivity contribution >= 4 is 33.5 Å². The van der Waals surface area contributed by atoms with E-state index in [-0.39, 0.29) is 12.1 Å². The van der Waals surface area contributed by atoms with Crippen molar-refractivity contribution in [2.45, 2.75) is 20.0 Å². The lowest BCUT2D eigenvalue weighted by Crippen LogP contribution is -2.41. The van der Waals surface area contributed by atoms with Crippen LogP contribution in [0.25, 0.3) is 21.3 Å². The van der Waals surface area contributed by atoms with Crippen molar-refractivity contribution in [2.75, 3.05) is 0 Å². The number of carbonyl (C=O) groups is 2. The number of nitrogens with zero attached hydrogens (tertiary/aromatic N) is 2. The highest BCUT2D eigenvalue weighted by molar-refractivity contribution is 7.19. The van der Waals surface area contributed by atoms with Crippen LogP contribution in [0.15, 0.2) is 71.8 Å². The quantitative estimate of drug-likeness (QED) is 0.505. The zero-order chi connectivity index (χ0) is 21.8. The highest BCUT2D eigenvalue weighted by atomic mass is 32.1.